The Bertz CT molecular complexity index is 1070. The molecule has 0 fully saturated rings. The van der Waals surface area contributed by atoms with Gasteiger partial charge in [0, 0.05) is 15.8 Å². The molecule has 28 heavy (non-hydrogen) atoms. The summed E-state index contributed by atoms with van der Waals surface area (Å²) in [4.78, 5) is 36.8. The summed E-state index contributed by atoms with van der Waals surface area (Å²) in [5.41, 5.74) is 0.901. The van der Waals surface area contributed by atoms with Gasteiger partial charge in [0.05, 0.1) is 30.2 Å². The number of aryl methyl sites for hydroxylation is 1. The quantitative estimate of drug-likeness (QED) is 0.664. The van der Waals surface area contributed by atoms with Gasteiger partial charge in [-0.3, -0.25) is 4.79 Å². The molecule has 0 aliphatic heterocycles. The van der Waals surface area contributed by atoms with Crippen molar-refractivity contribution < 1.29 is 28.2 Å². The van der Waals surface area contributed by atoms with E-state index in [1.54, 1.807) is 19.1 Å². The predicted octanol–water partition coefficient (Wildman–Crippen LogP) is 4.17. The number of esters is 2. The van der Waals surface area contributed by atoms with Crippen LogP contribution in [-0.2, 0) is 9.47 Å². The lowest BCUT2D eigenvalue weighted by Gasteiger charge is -2.09. The maximum Gasteiger partial charge on any atom is 0.337 e. The van der Waals surface area contributed by atoms with Crippen molar-refractivity contribution in [2.45, 2.75) is 6.92 Å². The minimum Gasteiger partial charge on any atom is -0.465 e. The van der Waals surface area contributed by atoms with E-state index in [4.69, 9.17) is 0 Å². The van der Waals surface area contributed by atoms with E-state index in [1.165, 1.54) is 38.5 Å². The molecule has 6 nitrogen and oxygen atoms in total. The number of carbonyl (C=O) groups is 3. The SMILES string of the molecule is COC(=O)c1cc(NC(=O)c2sc3cccc(F)c3c2C)cc(C(=O)OC)c1. The van der Waals surface area contributed by atoms with Crippen LogP contribution >= 0.6 is 11.3 Å². The maximum atomic E-state index is 14.1. The lowest BCUT2D eigenvalue weighted by Crippen LogP contribution is -2.14. The fourth-order valence-corrected chi connectivity index (χ4v) is 3.95. The lowest BCUT2D eigenvalue weighted by atomic mass is 10.1. The molecule has 2 aromatic carbocycles. The standard InChI is InChI=1S/C20H16FNO5S/c1-10-16-14(21)5-4-6-15(16)28-17(10)18(23)22-13-8-11(19(24)26-2)7-12(9-13)20(25)27-3/h4-9H,1-3H3,(H,22,23). The van der Waals surface area contributed by atoms with Crippen molar-refractivity contribution in [3.63, 3.8) is 0 Å². The fourth-order valence-electron chi connectivity index (χ4n) is 2.83. The van der Waals surface area contributed by atoms with Gasteiger partial charge >= 0.3 is 11.9 Å². The number of nitrogens with one attached hydrogen (secondary N) is 1. The average molecular weight is 401 g/mol. The Hall–Kier alpha value is -3.26. The number of thiophene rings is 1. The molecule has 3 aromatic rings. The average Bonchev–Trinajstić information content (AvgIpc) is 3.04. The Kier molecular flexibility index (Phi) is 5.41. The first-order chi connectivity index (χ1) is 13.3. The summed E-state index contributed by atoms with van der Waals surface area (Å²) in [6.45, 7) is 1.67. The van der Waals surface area contributed by atoms with Crippen molar-refractivity contribution in [2.75, 3.05) is 19.5 Å². The summed E-state index contributed by atoms with van der Waals surface area (Å²) >= 11 is 1.16. The molecule has 144 valence electrons. The number of benzene rings is 2. The first-order valence-electron chi connectivity index (χ1n) is 8.16. The maximum absolute atomic E-state index is 14.1. The number of methoxy groups -OCH3 is 2. The summed E-state index contributed by atoms with van der Waals surface area (Å²) in [6.07, 6.45) is 0. The van der Waals surface area contributed by atoms with Gasteiger partial charge in [0.1, 0.15) is 5.82 Å². The number of rotatable bonds is 4. The molecule has 1 aromatic heterocycles. The molecule has 0 aliphatic rings. The van der Waals surface area contributed by atoms with Crippen LogP contribution in [0.2, 0.25) is 0 Å². The van der Waals surface area contributed by atoms with E-state index in [9.17, 15) is 18.8 Å². The highest BCUT2D eigenvalue weighted by atomic mass is 32.1. The van der Waals surface area contributed by atoms with Crippen LogP contribution in [0.4, 0.5) is 10.1 Å². The lowest BCUT2D eigenvalue weighted by molar-refractivity contribution is 0.0599. The molecule has 3 rings (SSSR count). The van der Waals surface area contributed by atoms with Gasteiger partial charge < -0.3 is 14.8 Å². The van der Waals surface area contributed by atoms with Crippen LogP contribution in [0.5, 0.6) is 0 Å². The third kappa shape index (κ3) is 3.59. The van der Waals surface area contributed by atoms with Gasteiger partial charge in [0.2, 0.25) is 0 Å². The highest BCUT2D eigenvalue weighted by Gasteiger charge is 2.20. The van der Waals surface area contributed by atoms with Crippen LogP contribution in [0, 0.1) is 12.7 Å². The van der Waals surface area contributed by atoms with Crippen molar-refractivity contribution in [1.82, 2.24) is 0 Å². The second-order valence-corrected chi connectivity index (χ2v) is 6.96. The summed E-state index contributed by atoms with van der Waals surface area (Å²) in [5, 5.41) is 3.05. The fraction of sp³-hybridized carbons (Fsp3) is 0.150. The summed E-state index contributed by atoms with van der Waals surface area (Å²) in [5.74, 6) is -2.20. The number of ether oxygens (including phenoxy) is 2. The Morgan fingerprint density at radius 3 is 2.14 bits per heavy atom. The molecule has 0 saturated heterocycles. The van der Waals surface area contributed by atoms with Crippen molar-refractivity contribution in [3.8, 4) is 0 Å². The van der Waals surface area contributed by atoms with Gasteiger partial charge in [-0.15, -0.1) is 11.3 Å². The number of hydrogen-bond donors (Lipinski definition) is 1. The molecule has 8 heteroatoms. The summed E-state index contributed by atoms with van der Waals surface area (Å²) in [7, 11) is 2.42. The topological polar surface area (TPSA) is 81.7 Å². The zero-order valence-corrected chi connectivity index (χ0v) is 16.1. The Morgan fingerprint density at radius 1 is 1.00 bits per heavy atom. The highest BCUT2D eigenvalue weighted by Crippen LogP contribution is 2.33. The smallest absolute Gasteiger partial charge is 0.337 e. The van der Waals surface area contributed by atoms with Crippen LogP contribution in [0.3, 0.4) is 0 Å². The van der Waals surface area contributed by atoms with Crippen molar-refractivity contribution >= 4 is 45.0 Å². The molecule has 0 atom stereocenters. The van der Waals surface area contributed by atoms with Crippen LogP contribution in [0.1, 0.15) is 36.0 Å². The van der Waals surface area contributed by atoms with E-state index in [0.717, 1.165) is 11.3 Å². The molecule has 1 N–H and O–H groups in total. The predicted molar refractivity (Wildman–Crippen MR) is 104 cm³/mol. The summed E-state index contributed by atoms with van der Waals surface area (Å²) in [6, 6.07) is 8.75. The second kappa shape index (κ2) is 7.77. The van der Waals surface area contributed by atoms with Crippen LogP contribution in [0.25, 0.3) is 10.1 Å². The largest absolute Gasteiger partial charge is 0.465 e. The van der Waals surface area contributed by atoms with Gasteiger partial charge in [-0.1, -0.05) is 6.07 Å². The zero-order valence-electron chi connectivity index (χ0n) is 15.3. The van der Waals surface area contributed by atoms with Crippen molar-refractivity contribution in [2.24, 2.45) is 0 Å². The highest BCUT2D eigenvalue weighted by molar-refractivity contribution is 7.21. The number of anilines is 1. The van der Waals surface area contributed by atoms with Crippen molar-refractivity contribution in [3.05, 3.63) is 63.8 Å². The monoisotopic (exact) mass is 401 g/mol. The third-order valence-electron chi connectivity index (χ3n) is 4.14. The molecular weight excluding hydrogens is 385 g/mol. The van der Waals surface area contributed by atoms with Gasteiger partial charge in [-0.05, 0) is 42.8 Å². The van der Waals surface area contributed by atoms with E-state index < -0.39 is 23.7 Å². The number of halogens is 1. The molecule has 0 aliphatic carbocycles. The number of carbonyl (C=O) groups excluding carboxylic acids is 3. The van der Waals surface area contributed by atoms with Gasteiger partial charge in [0.25, 0.3) is 5.91 Å². The van der Waals surface area contributed by atoms with E-state index in [2.05, 4.69) is 14.8 Å². The molecule has 0 saturated carbocycles. The number of amides is 1. The van der Waals surface area contributed by atoms with Gasteiger partial charge in [0.15, 0.2) is 0 Å². The molecule has 0 bridgehead atoms. The molecule has 0 spiro atoms. The minimum absolute atomic E-state index is 0.0832. The Balaban J connectivity index is 2.00. The third-order valence-corrected chi connectivity index (χ3v) is 5.40. The van der Waals surface area contributed by atoms with Crippen LogP contribution < -0.4 is 5.32 Å². The minimum atomic E-state index is -0.665. The van der Waals surface area contributed by atoms with Crippen LogP contribution in [0.15, 0.2) is 36.4 Å². The molecule has 1 amide bonds. The number of hydrogen-bond acceptors (Lipinski definition) is 6. The van der Waals surface area contributed by atoms with E-state index in [1.807, 2.05) is 0 Å². The zero-order chi connectivity index (χ0) is 20.4. The van der Waals surface area contributed by atoms with E-state index in [0.29, 0.717) is 20.5 Å². The van der Waals surface area contributed by atoms with Gasteiger partial charge in [-0.25, -0.2) is 14.0 Å². The number of fused-ring (bicyclic) bond motifs is 1. The Labute approximate surface area is 163 Å². The van der Waals surface area contributed by atoms with E-state index in [-0.39, 0.29) is 16.8 Å². The van der Waals surface area contributed by atoms with Crippen molar-refractivity contribution in [1.29, 1.82) is 0 Å². The molecular formula is C20H16FNO5S. The van der Waals surface area contributed by atoms with Crippen LogP contribution in [-0.4, -0.2) is 32.1 Å². The summed E-state index contributed by atoms with van der Waals surface area (Å²) < 4.78 is 24.1. The first-order valence-corrected chi connectivity index (χ1v) is 8.98. The molecule has 0 radical (unpaired) electrons. The van der Waals surface area contributed by atoms with E-state index >= 15 is 0 Å². The van der Waals surface area contributed by atoms with Gasteiger partial charge in [-0.2, -0.15) is 0 Å². The Morgan fingerprint density at radius 2 is 1.61 bits per heavy atom. The molecule has 1 heterocycles. The normalized spacial score (nSPS) is 10.6. The first kappa shape index (κ1) is 19.5. The second-order valence-electron chi connectivity index (χ2n) is 5.91. The molecule has 0 unspecified atom stereocenters.